The number of benzene rings is 8. The van der Waals surface area contributed by atoms with Crippen molar-refractivity contribution in [1.29, 1.82) is 0 Å². The van der Waals surface area contributed by atoms with Gasteiger partial charge in [-0.15, -0.1) is 0 Å². The quantitative estimate of drug-likeness (QED) is 0.0908. The topological polar surface area (TPSA) is 68.3 Å². The summed E-state index contributed by atoms with van der Waals surface area (Å²) in [6.45, 7) is 0. The molecule has 0 aliphatic heterocycles. The van der Waals surface area contributed by atoms with Gasteiger partial charge in [0.25, 0.3) is 0 Å². The molecule has 0 amide bonds. The van der Waals surface area contributed by atoms with Gasteiger partial charge in [0.1, 0.15) is 0 Å². The van der Waals surface area contributed by atoms with Gasteiger partial charge in [-0.1, -0.05) is 194 Å². The molecule has 8 aromatic rings. The monoisotopic (exact) mass is 836 g/mol. The average molecular weight is 837 g/mol. The number of carbonyl (C=O) groups is 4. The molecule has 0 saturated heterocycles. The van der Waals surface area contributed by atoms with E-state index in [0.717, 1.165) is 66.8 Å². The van der Waals surface area contributed by atoms with Crippen LogP contribution < -0.4 is 0 Å². The fourth-order valence-corrected chi connectivity index (χ4v) is 9.20. The van der Waals surface area contributed by atoms with Crippen molar-refractivity contribution in [2.75, 3.05) is 0 Å². The maximum atomic E-state index is 13.3. The Kier molecular flexibility index (Phi) is 10.8. The second-order valence-corrected chi connectivity index (χ2v) is 16.2. The summed E-state index contributed by atoms with van der Waals surface area (Å²) >= 11 is 0. The molecule has 0 bridgehead atoms. The summed E-state index contributed by atoms with van der Waals surface area (Å²) in [5.41, 5.74) is 13.3. The minimum absolute atomic E-state index is 0.0925. The van der Waals surface area contributed by atoms with Crippen LogP contribution in [-0.2, 0) is 5.41 Å². The maximum absolute atomic E-state index is 13.3. The molecule has 4 nitrogen and oxygen atoms in total. The summed E-state index contributed by atoms with van der Waals surface area (Å²) in [6.07, 6.45) is 14.0. The third-order valence-electron chi connectivity index (χ3n) is 12.3. The Morgan fingerprint density at radius 2 is 0.492 bits per heavy atom. The van der Waals surface area contributed by atoms with Crippen LogP contribution in [0.15, 0.2) is 218 Å². The van der Waals surface area contributed by atoms with Gasteiger partial charge < -0.3 is 0 Å². The van der Waals surface area contributed by atoms with Crippen molar-refractivity contribution in [2.24, 2.45) is 0 Å². The van der Waals surface area contributed by atoms with Crippen molar-refractivity contribution in [3.63, 3.8) is 0 Å². The number of hydrogen-bond acceptors (Lipinski definition) is 4. The van der Waals surface area contributed by atoms with Crippen molar-refractivity contribution in [3.05, 3.63) is 285 Å². The lowest BCUT2D eigenvalue weighted by Gasteiger charge is -2.31. The Bertz CT molecular complexity index is 2850. The van der Waals surface area contributed by atoms with E-state index in [2.05, 4.69) is 48.5 Å². The van der Waals surface area contributed by atoms with Gasteiger partial charge in [-0.3, -0.25) is 19.2 Å². The Labute approximate surface area is 377 Å². The minimum atomic E-state index is -0.878. The van der Waals surface area contributed by atoms with E-state index in [-0.39, 0.29) is 23.1 Å². The lowest BCUT2D eigenvalue weighted by Crippen LogP contribution is -2.26. The molecule has 8 aromatic carbocycles. The molecule has 1 spiro atoms. The van der Waals surface area contributed by atoms with E-state index >= 15 is 0 Å². The fourth-order valence-electron chi connectivity index (χ4n) is 9.20. The van der Waals surface area contributed by atoms with Gasteiger partial charge in [0.05, 0.1) is 5.41 Å². The molecule has 0 N–H and O–H groups in total. The van der Waals surface area contributed by atoms with Crippen LogP contribution in [0.3, 0.4) is 0 Å². The van der Waals surface area contributed by atoms with E-state index in [4.69, 9.17) is 0 Å². The molecule has 65 heavy (non-hydrogen) atoms. The highest BCUT2D eigenvalue weighted by Crippen LogP contribution is 2.63. The Morgan fingerprint density at radius 1 is 0.277 bits per heavy atom. The maximum Gasteiger partial charge on any atom is 0.185 e. The number of allylic oxidation sites excluding steroid dienone is 4. The third kappa shape index (κ3) is 7.68. The van der Waals surface area contributed by atoms with Gasteiger partial charge in [0.15, 0.2) is 23.1 Å². The van der Waals surface area contributed by atoms with Crippen molar-refractivity contribution >= 4 is 47.4 Å². The second-order valence-electron chi connectivity index (χ2n) is 16.2. The Morgan fingerprint density at radius 3 is 0.708 bits per heavy atom. The largest absolute Gasteiger partial charge is 0.289 e. The molecule has 0 fully saturated rings. The first-order valence-corrected chi connectivity index (χ1v) is 21.6. The molecule has 0 atom stereocenters. The van der Waals surface area contributed by atoms with Crippen LogP contribution in [0.5, 0.6) is 0 Å². The molecule has 308 valence electrons. The SMILES string of the molecule is O=C(C=Cc1ccc2c(c1)C1(c3cc(C=CC(=O)c4ccccc4)ccc3-2)c2cc(C=CC(=O)c3ccccc3)ccc2-c2ccc(C=CC(=O)c3ccccc3)cc21)c1ccccc1. The fraction of sp³-hybridized carbons (Fsp3) is 0.0164. The Balaban J connectivity index is 1.17. The van der Waals surface area contributed by atoms with E-state index in [9.17, 15) is 19.2 Å². The first-order valence-electron chi connectivity index (χ1n) is 21.6. The molecule has 10 rings (SSSR count). The zero-order valence-corrected chi connectivity index (χ0v) is 35.2. The lowest BCUT2D eigenvalue weighted by atomic mass is 9.69. The normalized spacial score (nSPS) is 14.5. The van der Waals surface area contributed by atoms with Crippen LogP contribution in [0.1, 0.15) is 85.9 Å². The minimum Gasteiger partial charge on any atom is -0.289 e. The van der Waals surface area contributed by atoms with Gasteiger partial charge in [0.2, 0.25) is 0 Å². The van der Waals surface area contributed by atoms with Crippen molar-refractivity contribution in [3.8, 4) is 22.3 Å². The molecule has 0 aromatic heterocycles. The molecule has 2 aliphatic rings. The molecular formula is C61H40O4. The first kappa shape index (κ1) is 40.5. The summed E-state index contributed by atoms with van der Waals surface area (Å²) in [5.74, 6) is -0.370. The number of carbonyl (C=O) groups excluding carboxylic acids is 4. The van der Waals surface area contributed by atoms with Crippen LogP contribution in [0.2, 0.25) is 0 Å². The molecular weight excluding hydrogens is 797 g/mol. The Hall–Kier alpha value is -8.60. The first-order chi connectivity index (χ1) is 31.9. The second kappa shape index (κ2) is 17.3. The molecule has 0 saturated carbocycles. The predicted octanol–water partition coefficient (Wildman–Crippen LogP) is 13.6. The number of hydrogen-bond donors (Lipinski definition) is 0. The third-order valence-corrected chi connectivity index (χ3v) is 12.3. The number of ketones is 4. The molecule has 0 heterocycles. The smallest absolute Gasteiger partial charge is 0.185 e. The van der Waals surface area contributed by atoms with Gasteiger partial charge in [-0.05, 0) is 115 Å². The summed E-state index contributed by atoms with van der Waals surface area (Å²) in [4.78, 5) is 53.4. The highest BCUT2D eigenvalue weighted by molar-refractivity contribution is 6.09. The van der Waals surface area contributed by atoms with E-state index in [1.54, 1.807) is 24.3 Å². The van der Waals surface area contributed by atoms with Gasteiger partial charge in [0, 0.05) is 22.3 Å². The average Bonchev–Trinajstić information content (AvgIpc) is 3.82. The van der Waals surface area contributed by atoms with Gasteiger partial charge >= 0.3 is 0 Å². The van der Waals surface area contributed by atoms with Crippen LogP contribution in [0, 0.1) is 0 Å². The number of fused-ring (bicyclic) bond motifs is 10. The van der Waals surface area contributed by atoms with Crippen molar-refractivity contribution < 1.29 is 19.2 Å². The number of rotatable bonds is 12. The van der Waals surface area contributed by atoms with Crippen LogP contribution in [0.4, 0.5) is 0 Å². The molecule has 4 heteroatoms. The van der Waals surface area contributed by atoms with Crippen LogP contribution in [0.25, 0.3) is 46.6 Å². The van der Waals surface area contributed by atoms with Gasteiger partial charge in [-0.25, -0.2) is 0 Å². The highest BCUT2D eigenvalue weighted by atomic mass is 16.1. The zero-order valence-electron chi connectivity index (χ0n) is 35.2. The molecule has 2 aliphatic carbocycles. The van der Waals surface area contributed by atoms with Crippen LogP contribution >= 0.6 is 0 Å². The standard InChI is InChI=1S/C61H40O4/c62-57(45-13-5-1-6-14-45)33-25-41-21-29-49-50-30-22-42(26-34-58(63)46-15-7-2-8-16-46)38-54(50)61(53(49)37-41)55-39-43(27-35-59(64)47-17-9-3-10-18-47)23-31-51(55)52-32-24-44(40-56(52)61)28-36-60(65)48-19-11-4-12-20-48/h1-40H. The predicted molar refractivity (Wildman–Crippen MR) is 262 cm³/mol. The lowest BCUT2D eigenvalue weighted by molar-refractivity contribution is 0.103. The van der Waals surface area contributed by atoms with Gasteiger partial charge in [-0.2, -0.15) is 0 Å². The highest BCUT2D eigenvalue weighted by Gasteiger charge is 2.52. The molecule has 0 radical (unpaired) electrons. The van der Waals surface area contributed by atoms with Crippen molar-refractivity contribution in [2.45, 2.75) is 5.41 Å². The zero-order chi connectivity index (χ0) is 44.3. The summed E-state index contributed by atoms with van der Waals surface area (Å²) in [6, 6.07) is 62.3. The van der Waals surface area contributed by atoms with E-state index in [1.807, 2.05) is 170 Å². The van der Waals surface area contributed by atoms with Crippen molar-refractivity contribution in [1.82, 2.24) is 0 Å². The van der Waals surface area contributed by atoms with E-state index < -0.39 is 5.41 Å². The summed E-state index contributed by atoms with van der Waals surface area (Å²) < 4.78 is 0. The van der Waals surface area contributed by atoms with E-state index in [0.29, 0.717) is 22.3 Å². The summed E-state index contributed by atoms with van der Waals surface area (Å²) in [5, 5.41) is 0. The van der Waals surface area contributed by atoms with E-state index in [1.165, 1.54) is 0 Å². The molecule has 0 unspecified atom stereocenters. The van der Waals surface area contributed by atoms with Crippen LogP contribution in [-0.4, -0.2) is 23.1 Å². The summed E-state index contributed by atoms with van der Waals surface area (Å²) in [7, 11) is 0.